The van der Waals surface area contributed by atoms with E-state index in [1.54, 1.807) is 6.92 Å². The Balaban J connectivity index is 2.29. The zero-order valence-electron chi connectivity index (χ0n) is 12.3. The SMILES string of the molecule is CC(O)CN(C)CCCC(=O)Nc1cccc(CN)c1. The Hall–Kier alpha value is -1.43. The van der Waals surface area contributed by atoms with Gasteiger partial charge in [-0.15, -0.1) is 0 Å². The molecule has 4 N–H and O–H groups in total. The number of hydrogen-bond acceptors (Lipinski definition) is 4. The number of nitrogens with zero attached hydrogens (tertiary/aromatic N) is 1. The standard InChI is InChI=1S/C15H25N3O2/c1-12(19)11-18(2)8-4-7-15(20)17-14-6-3-5-13(9-14)10-16/h3,5-6,9,12,19H,4,7-8,10-11,16H2,1-2H3,(H,17,20). The Morgan fingerprint density at radius 1 is 1.50 bits per heavy atom. The van der Waals surface area contributed by atoms with Crippen molar-refractivity contribution in [3.63, 3.8) is 0 Å². The van der Waals surface area contributed by atoms with E-state index >= 15 is 0 Å². The lowest BCUT2D eigenvalue weighted by Crippen LogP contribution is -2.28. The van der Waals surface area contributed by atoms with E-state index in [-0.39, 0.29) is 12.0 Å². The molecule has 0 radical (unpaired) electrons. The van der Waals surface area contributed by atoms with Crippen LogP contribution in [0.4, 0.5) is 5.69 Å². The molecular formula is C15H25N3O2. The molecule has 1 aromatic rings. The summed E-state index contributed by atoms with van der Waals surface area (Å²) in [6.07, 6.45) is 0.899. The third-order valence-corrected chi connectivity index (χ3v) is 2.97. The topological polar surface area (TPSA) is 78.6 Å². The van der Waals surface area contributed by atoms with Gasteiger partial charge in [0.25, 0.3) is 0 Å². The van der Waals surface area contributed by atoms with Crippen LogP contribution < -0.4 is 11.1 Å². The number of nitrogens with one attached hydrogen (secondary N) is 1. The molecular weight excluding hydrogens is 254 g/mol. The molecule has 0 saturated carbocycles. The predicted octanol–water partition coefficient (Wildman–Crippen LogP) is 1.18. The van der Waals surface area contributed by atoms with E-state index in [4.69, 9.17) is 5.73 Å². The molecule has 20 heavy (non-hydrogen) atoms. The quantitative estimate of drug-likeness (QED) is 0.667. The first-order valence-electron chi connectivity index (χ1n) is 6.96. The van der Waals surface area contributed by atoms with Crippen LogP contribution in [0.1, 0.15) is 25.3 Å². The fraction of sp³-hybridized carbons (Fsp3) is 0.533. The first kappa shape index (κ1) is 16.6. The van der Waals surface area contributed by atoms with E-state index in [1.807, 2.05) is 36.2 Å². The number of rotatable bonds is 8. The van der Waals surface area contributed by atoms with Gasteiger partial charge in [0.2, 0.25) is 5.91 Å². The average molecular weight is 279 g/mol. The van der Waals surface area contributed by atoms with Gasteiger partial charge in [0.15, 0.2) is 0 Å². The minimum absolute atomic E-state index is 0.00428. The van der Waals surface area contributed by atoms with Gasteiger partial charge < -0.3 is 21.1 Å². The number of aliphatic hydroxyl groups is 1. The van der Waals surface area contributed by atoms with Gasteiger partial charge in [0.1, 0.15) is 0 Å². The fourth-order valence-electron chi connectivity index (χ4n) is 2.05. The van der Waals surface area contributed by atoms with Gasteiger partial charge in [-0.25, -0.2) is 0 Å². The van der Waals surface area contributed by atoms with Crippen LogP contribution in [-0.2, 0) is 11.3 Å². The van der Waals surface area contributed by atoms with Crippen molar-refractivity contribution in [3.8, 4) is 0 Å². The maximum absolute atomic E-state index is 11.8. The Labute approximate surface area is 120 Å². The van der Waals surface area contributed by atoms with Crippen LogP contribution in [0.2, 0.25) is 0 Å². The van der Waals surface area contributed by atoms with Crippen LogP contribution in [0.5, 0.6) is 0 Å². The highest BCUT2D eigenvalue weighted by Gasteiger charge is 2.06. The average Bonchev–Trinajstić information content (AvgIpc) is 2.38. The largest absolute Gasteiger partial charge is 0.392 e. The van der Waals surface area contributed by atoms with Crippen molar-refractivity contribution in [2.24, 2.45) is 5.73 Å². The third-order valence-electron chi connectivity index (χ3n) is 2.97. The molecule has 0 heterocycles. The summed E-state index contributed by atoms with van der Waals surface area (Å²) in [6.45, 7) is 3.64. The summed E-state index contributed by atoms with van der Waals surface area (Å²) >= 11 is 0. The van der Waals surface area contributed by atoms with Gasteiger partial charge in [-0.2, -0.15) is 0 Å². The lowest BCUT2D eigenvalue weighted by molar-refractivity contribution is -0.116. The molecule has 1 rings (SSSR count). The zero-order valence-corrected chi connectivity index (χ0v) is 12.3. The van der Waals surface area contributed by atoms with E-state index in [9.17, 15) is 9.90 Å². The minimum atomic E-state index is -0.340. The van der Waals surface area contributed by atoms with Crippen molar-refractivity contribution < 1.29 is 9.90 Å². The molecule has 0 bridgehead atoms. The summed E-state index contributed by atoms with van der Waals surface area (Å²) in [5.41, 5.74) is 7.35. The van der Waals surface area contributed by atoms with Gasteiger partial charge >= 0.3 is 0 Å². The van der Waals surface area contributed by atoms with E-state index in [0.29, 0.717) is 19.5 Å². The number of hydrogen-bond donors (Lipinski definition) is 3. The van der Waals surface area contributed by atoms with Gasteiger partial charge in [-0.05, 0) is 44.6 Å². The summed E-state index contributed by atoms with van der Waals surface area (Å²) in [5.74, 6) is 0.00428. The lowest BCUT2D eigenvalue weighted by atomic mass is 10.2. The second kappa shape index (κ2) is 8.68. The molecule has 0 spiro atoms. The van der Waals surface area contributed by atoms with E-state index in [2.05, 4.69) is 5.32 Å². The predicted molar refractivity (Wildman–Crippen MR) is 81.4 cm³/mol. The Morgan fingerprint density at radius 2 is 2.25 bits per heavy atom. The maximum atomic E-state index is 11.8. The van der Waals surface area contributed by atoms with Crippen LogP contribution >= 0.6 is 0 Å². The van der Waals surface area contributed by atoms with Crippen molar-refractivity contribution in [1.29, 1.82) is 0 Å². The van der Waals surface area contributed by atoms with Crippen molar-refractivity contribution >= 4 is 11.6 Å². The summed E-state index contributed by atoms with van der Waals surface area (Å²) in [6, 6.07) is 7.56. The summed E-state index contributed by atoms with van der Waals surface area (Å²) in [7, 11) is 1.94. The van der Waals surface area contributed by atoms with Gasteiger partial charge in [0, 0.05) is 25.2 Å². The Morgan fingerprint density at radius 3 is 2.90 bits per heavy atom. The highest BCUT2D eigenvalue weighted by Crippen LogP contribution is 2.10. The number of amides is 1. The molecule has 0 fully saturated rings. The second-order valence-electron chi connectivity index (χ2n) is 5.17. The maximum Gasteiger partial charge on any atom is 0.224 e. The minimum Gasteiger partial charge on any atom is -0.392 e. The van der Waals surface area contributed by atoms with Crippen molar-refractivity contribution in [3.05, 3.63) is 29.8 Å². The number of likely N-dealkylation sites (N-methyl/N-ethyl adjacent to an activating group) is 1. The van der Waals surface area contributed by atoms with Crippen LogP contribution in [0.3, 0.4) is 0 Å². The lowest BCUT2D eigenvalue weighted by Gasteiger charge is -2.17. The number of anilines is 1. The number of carbonyl (C=O) groups excluding carboxylic acids is 1. The Bertz CT molecular complexity index is 421. The molecule has 1 amide bonds. The molecule has 5 heteroatoms. The molecule has 0 aromatic heterocycles. The summed E-state index contributed by atoms with van der Waals surface area (Å²) in [5, 5.41) is 12.1. The Kier molecular flexibility index (Phi) is 7.22. The fourth-order valence-corrected chi connectivity index (χ4v) is 2.05. The smallest absolute Gasteiger partial charge is 0.224 e. The number of benzene rings is 1. The highest BCUT2D eigenvalue weighted by atomic mass is 16.3. The first-order chi connectivity index (χ1) is 9.51. The molecule has 0 aliphatic carbocycles. The normalized spacial score (nSPS) is 12.4. The van der Waals surface area contributed by atoms with Crippen LogP contribution in [0.15, 0.2) is 24.3 Å². The molecule has 1 atom stereocenters. The molecule has 1 aromatic carbocycles. The molecule has 112 valence electrons. The van der Waals surface area contributed by atoms with E-state index in [0.717, 1.165) is 24.2 Å². The highest BCUT2D eigenvalue weighted by molar-refractivity contribution is 5.90. The first-order valence-corrected chi connectivity index (χ1v) is 6.96. The summed E-state index contributed by atoms with van der Waals surface area (Å²) in [4.78, 5) is 13.8. The second-order valence-corrected chi connectivity index (χ2v) is 5.17. The number of carbonyl (C=O) groups is 1. The third kappa shape index (κ3) is 6.65. The molecule has 0 saturated heterocycles. The van der Waals surface area contributed by atoms with Crippen molar-refractivity contribution in [2.45, 2.75) is 32.4 Å². The van der Waals surface area contributed by atoms with E-state index < -0.39 is 0 Å². The van der Waals surface area contributed by atoms with Crippen LogP contribution in [0, 0.1) is 0 Å². The van der Waals surface area contributed by atoms with E-state index in [1.165, 1.54) is 0 Å². The van der Waals surface area contributed by atoms with Gasteiger partial charge in [-0.1, -0.05) is 12.1 Å². The number of nitrogens with two attached hydrogens (primary N) is 1. The molecule has 5 nitrogen and oxygen atoms in total. The van der Waals surface area contributed by atoms with Gasteiger partial charge in [0.05, 0.1) is 6.10 Å². The van der Waals surface area contributed by atoms with Gasteiger partial charge in [-0.3, -0.25) is 4.79 Å². The van der Waals surface area contributed by atoms with Crippen LogP contribution in [0.25, 0.3) is 0 Å². The monoisotopic (exact) mass is 279 g/mol. The molecule has 0 aliphatic rings. The molecule has 1 unspecified atom stereocenters. The van der Waals surface area contributed by atoms with Crippen LogP contribution in [-0.4, -0.2) is 42.2 Å². The van der Waals surface area contributed by atoms with Crippen molar-refractivity contribution in [1.82, 2.24) is 4.90 Å². The molecule has 0 aliphatic heterocycles. The summed E-state index contributed by atoms with van der Waals surface area (Å²) < 4.78 is 0. The van der Waals surface area contributed by atoms with Crippen molar-refractivity contribution in [2.75, 3.05) is 25.5 Å². The zero-order chi connectivity index (χ0) is 15.0. The number of aliphatic hydroxyl groups excluding tert-OH is 1.